The van der Waals surface area contributed by atoms with E-state index in [2.05, 4.69) is 11.1 Å². The third kappa shape index (κ3) is 1.31. The number of hydrogen-bond donors (Lipinski definition) is 2. The summed E-state index contributed by atoms with van der Waals surface area (Å²) >= 11 is 0. The van der Waals surface area contributed by atoms with Crippen molar-refractivity contribution < 1.29 is 0 Å². The van der Waals surface area contributed by atoms with E-state index in [-0.39, 0.29) is 6.04 Å². The number of benzene rings is 1. The molecule has 0 saturated carbocycles. The third-order valence-electron chi connectivity index (χ3n) is 3.36. The van der Waals surface area contributed by atoms with Crippen LogP contribution >= 0.6 is 0 Å². The zero-order chi connectivity index (χ0) is 11.1. The summed E-state index contributed by atoms with van der Waals surface area (Å²) in [5.74, 6) is 0. The van der Waals surface area contributed by atoms with Gasteiger partial charge in [0.25, 0.3) is 0 Å². The van der Waals surface area contributed by atoms with E-state index in [0.717, 1.165) is 24.8 Å². The van der Waals surface area contributed by atoms with Crippen LogP contribution in [0.15, 0.2) is 18.2 Å². The van der Waals surface area contributed by atoms with Gasteiger partial charge in [-0.15, -0.1) is 0 Å². The molecule has 0 unspecified atom stereocenters. The van der Waals surface area contributed by atoms with Crippen LogP contribution in [0.5, 0.6) is 0 Å². The van der Waals surface area contributed by atoms with Crippen molar-refractivity contribution >= 4 is 10.9 Å². The highest BCUT2D eigenvalue weighted by atomic mass is 14.7. The number of hydrogen-bond acceptors (Lipinski definition) is 2. The minimum Gasteiger partial charge on any atom is -0.358 e. The zero-order valence-corrected chi connectivity index (χ0v) is 8.96. The molecule has 3 heteroatoms. The van der Waals surface area contributed by atoms with E-state index in [9.17, 15) is 0 Å². The molecule has 1 heterocycles. The lowest BCUT2D eigenvalue weighted by Gasteiger charge is -2.18. The molecule has 3 N–H and O–H groups in total. The maximum atomic E-state index is 8.91. The maximum absolute atomic E-state index is 8.91. The van der Waals surface area contributed by atoms with Crippen molar-refractivity contribution in [2.75, 3.05) is 0 Å². The van der Waals surface area contributed by atoms with Gasteiger partial charge in [0.15, 0.2) is 0 Å². The second-order valence-corrected chi connectivity index (χ2v) is 4.46. The molecule has 2 aromatic rings. The SMILES string of the molecule is N#Cc1ccc2[nH]c3c(c2c1)C[C@@H](N)CC3. The number of fused-ring (bicyclic) bond motifs is 3. The van der Waals surface area contributed by atoms with Crippen LogP contribution in [-0.2, 0) is 12.8 Å². The molecule has 3 rings (SSSR count). The topological polar surface area (TPSA) is 65.6 Å². The first-order valence-corrected chi connectivity index (χ1v) is 5.57. The molecular weight excluding hydrogens is 198 g/mol. The molecule has 0 spiro atoms. The van der Waals surface area contributed by atoms with E-state index < -0.39 is 0 Å². The molecule has 1 aliphatic rings. The summed E-state index contributed by atoms with van der Waals surface area (Å²) < 4.78 is 0. The molecule has 1 aromatic carbocycles. The van der Waals surface area contributed by atoms with Crippen molar-refractivity contribution in [3.8, 4) is 6.07 Å². The van der Waals surface area contributed by atoms with Gasteiger partial charge in [-0.25, -0.2) is 0 Å². The van der Waals surface area contributed by atoms with Crippen molar-refractivity contribution in [3.05, 3.63) is 35.0 Å². The quantitative estimate of drug-likeness (QED) is 0.698. The van der Waals surface area contributed by atoms with Gasteiger partial charge >= 0.3 is 0 Å². The van der Waals surface area contributed by atoms with Crippen molar-refractivity contribution in [2.24, 2.45) is 5.73 Å². The van der Waals surface area contributed by atoms with E-state index in [0.29, 0.717) is 5.56 Å². The lowest BCUT2D eigenvalue weighted by molar-refractivity contribution is 0.574. The smallest absolute Gasteiger partial charge is 0.0991 e. The van der Waals surface area contributed by atoms with E-state index in [4.69, 9.17) is 11.0 Å². The number of nitrogens with one attached hydrogen (secondary N) is 1. The summed E-state index contributed by atoms with van der Waals surface area (Å²) in [6, 6.07) is 8.24. The van der Waals surface area contributed by atoms with Crippen molar-refractivity contribution in [3.63, 3.8) is 0 Å². The Kier molecular flexibility index (Phi) is 1.98. The predicted molar refractivity (Wildman–Crippen MR) is 63.0 cm³/mol. The summed E-state index contributed by atoms with van der Waals surface area (Å²) in [7, 11) is 0. The molecule has 0 saturated heterocycles. The van der Waals surface area contributed by atoms with Crippen LogP contribution in [0.3, 0.4) is 0 Å². The number of nitriles is 1. The van der Waals surface area contributed by atoms with Crippen molar-refractivity contribution in [1.29, 1.82) is 5.26 Å². The Morgan fingerprint density at radius 1 is 1.44 bits per heavy atom. The second kappa shape index (κ2) is 3.36. The highest BCUT2D eigenvalue weighted by Gasteiger charge is 2.19. The zero-order valence-electron chi connectivity index (χ0n) is 8.96. The molecular formula is C13H13N3. The number of aromatic amines is 1. The first kappa shape index (κ1) is 9.44. The fourth-order valence-electron chi connectivity index (χ4n) is 2.51. The molecule has 3 nitrogen and oxygen atoms in total. The van der Waals surface area contributed by atoms with Crippen LogP contribution in [0.25, 0.3) is 10.9 Å². The molecule has 0 bridgehead atoms. The normalized spacial score (nSPS) is 19.4. The number of rotatable bonds is 0. The van der Waals surface area contributed by atoms with E-state index in [1.165, 1.54) is 16.6 Å². The van der Waals surface area contributed by atoms with Crippen LogP contribution in [-0.4, -0.2) is 11.0 Å². The summed E-state index contributed by atoms with van der Waals surface area (Å²) in [5.41, 5.74) is 10.4. The Balaban J connectivity index is 2.25. The average molecular weight is 211 g/mol. The van der Waals surface area contributed by atoms with Crippen LogP contribution in [0.4, 0.5) is 0 Å². The number of aromatic nitrogens is 1. The minimum absolute atomic E-state index is 0.261. The van der Waals surface area contributed by atoms with Gasteiger partial charge in [0.05, 0.1) is 11.6 Å². The van der Waals surface area contributed by atoms with Gasteiger partial charge < -0.3 is 10.7 Å². The molecule has 1 atom stereocenters. The largest absolute Gasteiger partial charge is 0.358 e. The van der Waals surface area contributed by atoms with E-state index in [1.807, 2.05) is 18.2 Å². The lowest BCUT2D eigenvalue weighted by Crippen LogP contribution is -2.27. The molecule has 1 aliphatic carbocycles. The highest BCUT2D eigenvalue weighted by Crippen LogP contribution is 2.29. The van der Waals surface area contributed by atoms with Gasteiger partial charge in [-0.1, -0.05) is 0 Å². The van der Waals surface area contributed by atoms with E-state index >= 15 is 0 Å². The fraction of sp³-hybridized carbons (Fsp3) is 0.308. The Hall–Kier alpha value is -1.79. The highest BCUT2D eigenvalue weighted by molar-refractivity contribution is 5.86. The van der Waals surface area contributed by atoms with Crippen LogP contribution in [0.2, 0.25) is 0 Å². The lowest BCUT2D eigenvalue weighted by atomic mass is 9.92. The second-order valence-electron chi connectivity index (χ2n) is 4.46. The van der Waals surface area contributed by atoms with Crippen LogP contribution < -0.4 is 5.73 Å². The first-order chi connectivity index (χ1) is 7.78. The molecule has 80 valence electrons. The molecule has 1 aromatic heterocycles. The Morgan fingerprint density at radius 2 is 2.31 bits per heavy atom. The van der Waals surface area contributed by atoms with Gasteiger partial charge in [0.1, 0.15) is 0 Å². The summed E-state index contributed by atoms with van der Waals surface area (Å²) in [6.07, 6.45) is 2.99. The standard InChI is InChI=1S/C13H13N3/c14-7-8-1-3-12-10(5-8)11-6-9(15)2-4-13(11)16-12/h1,3,5,9,16H,2,4,6,15H2/t9-/m0/s1. The number of H-pyrrole nitrogens is 1. The third-order valence-corrected chi connectivity index (χ3v) is 3.36. The Bertz CT molecular complexity index is 589. The minimum atomic E-state index is 0.261. The Labute approximate surface area is 93.9 Å². The molecule has 0 aliphatic heterocycles. The summed E-state index contributed by atoms with van der Waals surface area (Å²) in [5, 5.41) is 10.1. The number of nitrogens with zero attached hydrogens (tertiary/aromatic N) is 1. The van der Waals surface area contributed by atoms with Gasteiger partial charge in [-0.2, -0.15) is 5.26 Å². The number of aryl methyl sites for hydroxylation is 1. The predicted octanol–water partition coefficient (Wildman–Crippen LogP) is 1.86. The monoisotopic (exact) mass is 211 g/mol. The molecule has 0 amide bonds. The van der Waals surface area contributed by atoms with Crippen LogP contribution in [0, 0.1) is 11.3 Å². The average Bonchev–Trinajstić information content (AvgIpc) is 2.66. The van der Waals surface area contributed by atoms with Crippen molar-refractivity contribution in [2.45, 2.75) is 25.3 Å². The van der Waals surface area contributed by atoms with Gasteiger partial charge in [0, 0.05) is 22.6 Å². The van der Waals surface area contributed by atoms with Gasteiger partial charge in [-0.3, -0.25) is 0 Å². The summed E-state index contributed by atoms with van der Waals surface area (Å²) in [4.78, 5) is 3.42. The Morgan fingerprint density at radius 3 is 3.12 bits per heavy atom. The van der Waals surface area contributed by atoms with Gasteiger partial charge in [-0.05, 0) is 43.0 Å². The molecule has 16 heavy (non-hydrogen) atoms. The van der Waals surface area contributed by atoms with Crippen molar-refractivity contribution in [1.82, 2.24) is 4.98 Å². The van der Waals surface area contributed by atoms with Gasteiger partial charge in [0.2, 0.25) is 0 Å². The summed E-state index contributed by atoms with van der Waals surface area (Å²) in [6.45, 7) is 0. The van der Waals surface area contributed by atoms with E-state index in [1.54, 1.807) is 0 Å². The van der Waals surface area contributed by atoms with Crippen LogP contribution in [0.1, 0.15) is 23.2 Å². The molecule has 0 fully saturated rings. The maximum Gasteiger partial charge on any atom is 0.0991 e. The molecule has 0 radical (unpaired) electrons. The number of nitrogens with two attached hydrogens (primary N) is 1. The fourth-order valence-corrected chi connectivity index (χ4v) is 2.51. The first-order valence-electron chi connectivity index (χ1n) is 5.57.